The number of hydrogen-bond acceptors (Lipinski definition) is 2. The number of likely N-dealkylation sites (N-methyl/N-ethyl adjacent to an activating group) is 1. The third-order valence-electron chi connectivity index (χ3n) is 0.547. The summed E-state index contributed by atoms with van der Waals surface area (Å²) in [5.41, 5.74) is 0. The van der Waals surface area contributed by atoms with Crippen molar-refractivity contribution >= 4 is 0 Å². The summed E-state index contributed by atoms with van der Waals surface area (Å²) in [5, 5.41) is 8.20. The fourth-order valence-electron chi connectivity index (χ4n) is 0.200. The van der Waals surface area contributed by atoms with Crippen LogP contribution in [-0.4, -0.2) is 37.3 Å². The van der Waals surface area contributed by atoms with Crippen LogP contribution in [0.25, 0.3) is 0 Å². The van der Waals surface area contributed by atoms with Crippen molar-refractivity contribution in [3.05, 3.63) is 0 Å². The van der Waals surface area contributed by atoms with Gasteiger partial charge >= 0.3 is 0 Å². The van der Waals surface area contributed by atoms with Crippen LogP contribution in [-0.2, 0) is 27.7 Å². The van der Waals surface area contributed by atoms with Crippen LogP contribution in [0.5, 0.6) is 0 Å². The second kappa shape index (κ2) is 6.86. The number of nitrogens with zero attached hydrogens (tertiary/aromatic N) is 1. The molecule has 0 radical (unpaired) electrons. The first-order valence-electron chi connectivity index (χ1n) is 2.03. The van der Waals surface area contributed by atoms with Gasteiger partial charge < -0.3 is 10.0 Å². The molecule has 0 aromatic carbocycles. The minimum atomic E-state index is 0. The van der Waals surface area contributed by atoms with Crippen LogP contribution in [0.15, 0.2) is 0 Å². The molecular weight excluding hydrogens is 279 g/mol. The van der Waals surface area contributed by atoms with Gasteiger partial charge in [0.05, 0.1) is 6.61 Å². The average molecular weight is 290 g/mol. The molecule has 40 valence electrons. The number of aliphatic hydroxyl groups excluding tert-OH is 1. The minimum absolute atomic E-state index is 0. The van der Waals surface area contributed by atoms with E-state index in [9.17, 15) is 0 Å². The molecule has 0 fully saturated rings. The summed E-state index contributed by atoms with van der Waals surface area (Å²) in [6.07, 6.45) is 0. The molecule has 0 aliphatic rings. The van der Waals surface area contributed by atoms with Crippen molar-refractivity contribution in [3.63, 3.8) is 0 Å². The predicted molar refractivity (Wildman–Crippen MR) is 25.6 cm³/mol. The van der Waals surface area contributed by atoms with Crippen molar-refractivity contribution < 1.29 is 32.8 Å². The third kappa shape index (κ3) is 10.9. The number of aliphatic hydroxyl groups is 1. The average Bonchev–Trinajstić information content (AvgIpc) is 1.35. The summed E-state index contributed by atoms with van der Waals surface area (Å²) >= 11 is 0. The summed E-state index contributed by atoms with van der Waals surface area (Å²) in [5.74, 6) is 0. The fraction of sp³-hybridized carbons (Fsp3) is 1.00. The first-order valence-corrected chi connectivity index (χ1v) is 2.03. The molecule has 0 aromatic rings. The topological polar surface area (TPSA) is 23.5 Å². The second-order valence-electron chi connectivity index (χ2n) is 1.53. The Hall–Kier alpha value is 0.855. The van der Waals surface area contributed by atoms with E-state index < -0.39 is 0 Å². The zero-order valence-electron chi connectivity index (χ0n) is 5.02. The van der Waals surface area contributed by atoms with Crippen molar-refractivity contribution in [3.8, 4) is 0 Å². The van der Waals surface area contributed by atoms with E-state index in [1.165, 1.54) is 0 Å². The predicted octanol–water partition coefficient (Wildman–Crippen LogP) is -0.462. The molecule has 2 nitrogen and oxygen atoms in total. The Balaban J connectivity index is 0. The monoisotopic (exact) mass is 291 g/mol. The van der Waals surface area contributed by atoms with Crippen LogP contribution in [0.4, 0.5) is 0 Å². The largest absolute Gasteiger partial charge is 0.395 e. The van der Waals surface area contributed by atoms with E-state index >= 15 is 0 Å². The molecular formula is C4H11HgNO. The maximum atomic E-state index is 8.20. The Kier molecular flexibility index (Phi) is 10.5. The molecule has 7 heavy (non-hydrogen) atoms. The number of hydrogen-bond donors (Lipinski definition) is 1. The van der Waals surface area contributed by atoms with Crippen LogP contribution < -0.4 is 0 Å². The van der Waals surface area contributed by atoms with Crippen LogP contribution >= 0.6 is 0 Å². The van der Waals surface area contributed by atoms with E-state index in [1.807, 2.05) is 19.0 Å². The van der Waals surface area contributed by atoms with Gasteiger partial charge in [-0.25, -0.2) is 0 Å². The van der Waals surface area contributed by atoms with Crippen molar-refractivity contribution in [2.75, 3.05) is 27.2 Å². The van der Waals surface area contributed by atoms with Crippen LogP contribution in [0.1, 0.15) is 0 Å². The molecule has 0 saturated carbocycles. The Morgan fingerprint density at radius 1 is 1.43 bits per heavy atom. The van der Waals surface area contributed by atoms with Gasteiger partial charge in [0.2, 0.25) is 0 Å². The number of rotatable bonds is 2. The van der Waals surface area contributed by atoms with Crippen LogP contribution in [0.2, 0.25) is 0 Å². The molecule has 0 rings (SSSR count). The molecule has 0 unspecified atom stereocenters. The molecule has 0 aliphatic heterocycles. The Morgan fingerprint density at radius 3 is 1.86 bits per heavy atom. The van der Waals surface area contributed by atoms with Crippen molar-refractivity contribution in [2.45, 2.75) is 0 Å². The van der Waals surface area contributed by atoms with Gasteiger partial charge in [-0.05, 0) is 14.1 Å². The Bertz CT molecular complexity index is 32.9. The molecule has 0 bridgehead atoms. The molecule has 3 heteroatoms. The van der Waals surface area contributed by atoms with Crippen molar-refractivity contribution in [1.29, 1.82) is 0 Å². The molecule has 1 N–H and O–H groups in total. The van der Waals surface area contributed by atoms with E-state index in [2.05, 4.69) is 0 Å². The standard InChI is InChI=1S/C4H11NO.Hg/c1-5(2)3-4-6;/h6H,3-4H2,1-2H3;. The van der Waals surface area contributed by atoms with Crippen molar-refractivity contribution in [2.24, 2.45) is 0 Å². The second-order valence-corrected chi connectivity index (χ2v) is 1.53. The summed E-state index contributed by atoms with van der Waals surface area (Å²) in [6.45, 7) is 1.02. The van der Waals surface area contributed by atoms with Crippen LogP contribution in [0.3, 0.4) is 0 Å². The van der Waals surface area contributed by atoms with Crippen molar-refractivity contribution in [1.82, 2.24) is 4.90 Å². The molecule has 0 atom stereocenters. The van der Waals surface area contributed by atoms with E-state index in [0.29, 0.717) is 0 Å². The molecule has 0 saturated heterocycles. The van der Waals surface area contributed by atoms with Gasteiger partial charge in [-0.1, -0.05) is 0 Å². The molecule has 0 aliphatic carbocycles. The van der Waals surface area contributed by atoms with Gasteiger partial charge in [0.15, 0.2) is 0 Å². The van der Waals surface area contributed by atoms with Gasteiger partial charge in [-0.3, -0.25) is 0 Å². The third-order valence-corrected chi connectivity index (χ3v) is 0.547. The van der Waals surface area contributed by atoms with E-state index in [0.717, 1.165) is 6.54 Å². The van der Waals surface area contributed by atoms with E-state index in [1.54, 1.807) is 0 Å². The summed E-state index contributed by atoms with van der Waals surface area (Å²) in [4.78, 5) is 1.93. The van der Waals surface area contributed by atoms with Gasteiger partial charge in [0.25, 0.3) is 0 Å². The van der Waals surface area contributed by atoms with Gasteiger partial charge in [0.1, 0.15) is 0 Å². The quantitative estimate of drug-likeness (QED) is 0.696. The minimum Gasteiger partial charge on any atom is -0.395 e. The zero-order valence-corrected chi connectivity index (χ0v) is 10.5. The summed E-state index contributed by atoms with van der Waals surface area (Å²) in [7, 11) is 3.85. The normalized spacial score (nSPS) is 8.57. The zero-order chi connectivity index (χ0) is 4.99. The fourth-order valence-corrected chi connectivity index (χ4v) is 0.200. The first-order chi connectivity index (χ1) is 2.77. The van der Waals surface area contributed by atoms with Gasteiger partial charge in [-0.2, -0.15) is 0 Å². The molecule has 0 aromatic heterocycles. The molecule has 0 amide bonds. The SMILES string of the molecule is CN(C)CCO.[Hg]. The summed E-state index contributed by atoms with van der Waals surface area (Å²) in [6, 6.07) is 0. The Labute approximate surface area is 65.0 Å². The van der Waals surface area contributed by atoms with Gasteiger partial charge in [-0.15, -0.1) is 0 Å². The van der Waals surface area contributed by atoms with Gasteiger partial charge in [0, 0.05) is 34.2 Å². The van der Waals surface area contributed by atoms with E-state index in [-0.39, 0.29) is 34.3 Å². The first kappa shape index (κ1) is 10.8. The smallest absolute Gasteiger partial charge is 0.0558 e. The Morgan fingerprint density at radius 2 is 1.86 bits per heavy atom. The summed E-state index contributed by atoms with van der Waals surface area (Å²) < 4.78 is 0. The van der Waals surface area contributed by atoms with E-state index in [4.69, 9.17) is 5.11 Å². The maximum absolute atomic E-state index is 8.20. The molecule has 0 spiro atoms. The maximum Gasteiger partial charge on any atom is 0.0558 e. The molecule has 0 heterocycles. The van der Waals surface area contributed by atoms with Crippen LogP contribution in [0, 0.1) is 0 Å².